The van der Waals surface area contributed by atoms with Gasteiger partial charge in [-0.1, -0.05) is 27.7 Å². The maximum atomic E-state index is 6.38. The Hall–Kier alpha value is -0.760. The standard InChI is InChI=1S/C16H26N2/c1-10-6-11-12(17)7-15(2,3)8-13(11)18(10)14-9-16(14,4)5/h6,12,14H,7-9,17H2,1-5H3. The predicted octanol–water partition coefficient (Wildman–Crippen LogP) is 3.74. The number of fused-ring (bicyclic) bond motifs is 1. The summed E-state index contributed by atoms with van der Waals surface area (Å²) >= 11 is 0. The summed E-state index contributed by atoms with van der Waals surface area (Å²) in [5, 5.41) is 0. The van der Waals surface area contributed by atoms with E-state index in [2.05, 4.69) is 45.3 Å². The van der Waals surface area contributed by atoms with Gasteiger partial charge in [0.1, 0.15) is 0 Å². The zero-order valence-electron chi connectivity index (χ0n) is 12.4. The third-order valence-electron chi connectivity index (χ3n) is 4.96. The molecule has 100 valence electrons. The van der Waals surface area contributed by atoms with Crippen LogP contribution in [0.4, 0.5) is 0 Å². The normalized spacial score (nSPS) is 32.1. The highest BCUT2D eigenvalue weighted by Crippen LogP contribution is 2.57. The summed E-state index contributed by atoms with van der Waals surface area (Å²) in [6.07, 6.45) is 3.60. The van der Waals surface area contributed by atoms with Gasteiger partial charge in [0.25, 0.3) is 0 Å². The first kappa shape index (κ1) is 12.3. The van der Waals surface area contributed by atoms with Crippen LogP contribution in [0.2, 0.25) is 0 Å². The summed E-state index contributed by atoms with van der Waals surface area (Å²) < 4.78 is 2.59. The molecule has 2 aliphatic carbocycles. The topological polar surface area (TPSA) is 30.9 Å². The van der Waals surface area contributed by atoms with E-state index in [4.69, 9.17) is 5.73 Å². The molecule has 3 rings (SSSR count). The van der Waals surface area contributed by atoms with Crippen molar-refractivity contribution in [3.63, 3.8) is 0 Å². The van der Waals surface area contributed by atoms with Gasteiger partial charge in [-0.15, -0.1) is 0 Å². The van der Waals surface area contributed by atoms with Crippen molar-refractivity contribution in [1.82, 2.24) is 4.57 Å². The van der Waals surface area contributed by atoms with Crippen LogP contribution in [0.5, 0.6) is 0 Å². The molecule has 0 radical (unpaired) electrons. The zero-order chi connectivity index (χ0) is 13.3. The van der Waals surface area contributed by atoms with Gasteiger partial charge in [0.05, 0.1) is 0 Å². The molecule has 0 aromatic carbocycles. The Morgan fingerprint density at radius 1 is 1.22 bits per heavy atom. The van der Waals surface area contributed by atoms with E-state index in [9.17, 15) is 0 Å². The van der Waals surface area contributed by atoms with Crippen LogP contribution in [-0.4, -0.2) is 4.57 Å². The van der Waals surface area contributed by atoms with Crippen molar-refractivity contribution in [1.29, 1.82) is 0 Å². The van der Waals surface area contributed by atoms with Crippen molar-refractivity contribution >= 4 is 0 Å². The summed E-state index contributed by atoms with van der Waals surface area (Å²) in [6, 6.07) is 3.26. The van der Waals surface area contributed by atoms with Gasteiger partial charge in [-0.05, 0) is 48.6 Å². The number of aromatic nitrogens is 1. The first-order chi connectivity index (χ1) is 8.21. The van der Waals surface area contributed by atoms with Crippen LogP contribution in [0, 0.1) is 17.8 Å². The van der Waals surface area contributed by atoms with Gasteiger partial charge >= 0.3 is 0 Å². The van der Waals surface area contributed by atoms with Crippen molar-refractivity contribution < 1.29 is 0 Å². The summed E-state index contributed by atoms with van der Waals surface area (Å²) in [7, 11) is 0. The van der Waals surface area contributed by atoms with Crippen molar-refractivity contribution in [3.8, 4) is 0 Å². The minimum atomic E-state index is 0.227. The van der Waals surface area contributed by atoms with Gasteiger partial charge in [0.15, 0.2) is 0 Å². The Morgan fingerprint density at radius 2 is 1.83 bits per heavy atom. The monoisotopic (exact) mass is 246 g/mol. The predicted molar refractivity (Wildman–Crippen MR) is 75.6 cm³/mol. The van der Waals surface area contributed by atoms with E-state index in [-0.39, 0.29) is 6.04 Å². The minimum Gasteiger partial charge on any atom is -0.345 e. The van der Waals surface area contributed by atoms with Crippen LogP contribution in [0.15, 0.2) is 6.07 Å². The average Bonchev–Trinajstić information content (AvgIpc) is 2.65. The molecule has 18 heavy (non-hydrogen) atoms. The second-order valence-corrected chi connectivity index (χ2v) is 7.92. The van der Waals surface area contributed by atoms with E-state index in [1.54, 1.807) is 0 Å². The van der Waals surface area contributed by atoms with Crippen LogP contribution in [0.3, 0.4) is 0 Å². The van der Waals surface area contributed by atoms with E-state index in [1.807, 2.05) is 0 Å². The first-order valence-electron chi connectivity index (χ1n) is 7.17. The van der Waals surface area contributed by atoms with Gasteiger partial charge in [-0.25, -0.2) is 0 Å². The molecule has 2 nitrogen and oxygen atoms in total. The van der Waals surface area contributed by atoms with Crippen molar-refractivity contribution in [2.45, 2.75) is 66.0 Å². The Morgan fingerprint density at radius 3 is 2.39 bits per heavy atom. The number of hydrogen-bond acceptors (Lipinski definition) is 1. The lowest BCUT2D eigenvalue weighted by Crippen LogP contribution is -2.30. The van der Waals surface area contributed by atoms with E-state index < -0.39 is 0 Å². The number of nitrogens with two attached hydrogens (primary N) is 1. The van der Waals surface area contributed by atoms with Gasteiger partial charge in [0.2, 0.25) is 0 Å². The Bertz CT molecular complexity index is 493. The second-order valence-electron chi connectivity index (χ2n) is 7.92. The molecule has 0 spiro atoms. The minimum absolute atomic E-state index is 0.227. The molecule has 0 aliphatic heterocycles. The number of rotatable bonds is 1. The third kappa shape index (κ3) is 1.73. The van der Waals surface area contributed by atoms with E-state index in [0.717, 1.165) is 6.42 Å². The smallest absolute Gasteiger partial charge is 0.0393 e. The molecule has 1 aromatic rings. The van der Waals surface area contributed by atoms with Crippen molar-refractivity contribution in [2.24, 2.45) is 16.6 Å². The lowest BCUT2D eigenvalue weighted by Gasteiger charge is -2.35. The lowest BCUT2D eigenvalue weighted by molar-refractivity contribution is 0.273. The Labute approximate surface area is 111 Å². The summed E-state index contributed by atoms with van der Waals surface area (Å²) in [4.78, 5) is 0. The molecule has 2 atom stereocenters. The molecule has 0 bridgehead atoms. The van der Waals surface area contributed by atoms with E-state index in [1.165, 1.54) is 29.8 Å². The fourth-order valence-corrected chi connectivity index (χ4v) is 3.78. The molecule has 1 fully saturated rings. The van der Waals surface area contributed by atoms with Crippen LogP contribution in [0.1, 0.15) is 69.6 Å². The highest BCUT2D eigenvalue weighted by Gasteiger charge is 2.49. The van der Waals surface area contributed by atoms with Gasteiger partial charge in [-0.3, -0.25) is 0 Å². The third-order valence-corrected chi connectivity index (χ3v) is 4.96. The van der Waals surface area contributed by atoms with Gasteiger partial charge < -0.3 is 10.3 Å². The summed E-state index contributed by atoms with van der Waals surface area (Å²) in [6.45, 7) is 11.7. The fraction of sp³-hybridized carbons (Fsp3) is 0.750. The molecular formula is C16H26N2. The van der Waals surface area contributed by atoms with Crippen LogP contribution in [0.25, 0.3) is 0 Å². The molecule has 0 saturated heterocycles. The Kier molecular flexibility index (Phi) is 2.33. The molecule has 0 amide bonds. The molecule has 2 unspecified atom stereocenters. The van der Waals surface area contributed by atoms with Crippen LogP contribution < -0.4 is 5.73 Å². The number of aryl methyl sites for hydroxylation is 1. The molecule has 1 heterocycles. The van der Waals surface area contributed by atoms with Crippen LogP contribution in [-0.2, 0) is 6.42 Å². The van der Waals surface area contributed by atoms with Crippen molar-refractivity contribution in [3.05, 3.63) is 23.0 Å². The maximum Gasteiger partial charge on any atom is 0.0393 e. The molecule has 2 aliphatic rings. The number of nitrogens with zero attached hydrogens (tertiary/aromatic N) is 1. The molecule has 2 N–H and O–H groups in total. The maximum absolute atomic E-state index is 6.38. The molecule has 1 saturated carbocycles. The summed E-state index contributed by atoms with van der Waals surface area (Å²) in [5.74, 6) is 0. The van der Waals surface area contributed by atoms with Gasteiger partial charge in [-0.2, -0.15) is 0 Å². The molecular weight excluding hydrogens is 220 g/mol. The van der Waals surface area contributed by atoms with Crippen LogP contribution >= 0.6 is 0 Å². The average molecular weight is 246 g/mol. The van der Waals surface area contributed by atoms with Crippen molar-refractivity contribution in [2.75, 3.05) is 0 Å². The van der Waals surface area contributed by atoms with Gasteiger partial charge in [0, 0.05) is 23.5 Å². The second kappa shape index (κ2) is 3.41. The highest BCUT2D eigenvalue weighted by atomic mass is 15.1. The fourth-order valence-electron chi connectivity index (χ4n) is 3.78. The zero-order valence-corrected chi connectivity index (χ0v) is 12.4. The quantitative estimate of drug-likeness (QED) is 0.804. The summed E-state index contributed by atoms with van der Waals surface area (Å²) in [5.41, 5.74) is 11.5. The Balaban J connectivity index is 2.07. The largest absolute Gasteiger partial charge is 0.345 e. The highest BCUT2D eigenvalue weighted by molar-refractivity contribution is 5.36. The first-order valence-corrected chi connectivity index (χ1v) is 7.17. The molecule has 2 heteroatoms. The van der Waals surface area contributed by atoms with E-state index >= 15 is 0 Å². The lowest BCUT2D eigenvalue weighted by atomic mass is 9.74. The molecule has 1 aromatic heterocycles. The SMILES string of the molecule is Cc1cc2c(n1C1CC1(C)C)CC(C)(C)CC2N. The van der Waals surface area contributed by atoms with E-state index in [0.29, 0.717) is 16.9 Å². The number of hydrogen-bond donors (Lipinski definition) is 1.